The minimum atomic E-state index is 0.391. The molecule has 0 aromatic heterocycles. The van der Waals surface area contributed by atoms with Gasteiger partial charge in [0.2, 0.25) is 0 Å². The number of aryl methyl sites for hydroxylation is 2. The molecule has 20 heavy (non-hydrogen) atoms. The van der Waals surface area contributed by atoms with Crippen LogP contribution in [0.1, 0.15) is 48.4 Å². The standard InChI is InChI=1S/C17H27NO2/c1-12-10-14(11-13(2)17(12)19-4)16(18-3)8-7-15-6-5-9-20-15/h10-11,15-16,18H,5-9H2,1-4H3. The van der Waals surface area contributed by atoms with Crippen molar-refractivity contribution in [2.45, 2.75) is 51.7 Å². The summed E-state index contributed by atoms with van der Waals surface area (Å²) < 4.78 is 11.2. The molecule has 1 aromatic rings. The third-order valence-electron chi connectivity index (χ3n) is 4.24. The highest BCUT2D eigenvalue weighted by Gasteiger charge is 2.19. The Morgan fingerprint density at radius 1 is 1.35 bits per heavy atom. The monoisotopic (exact) mass is 277 g/mol. The number of ether oxygens (including phenoxy) is 2. The van der Waals surface area contributed by atoms with Gasteiger partial charge in [0.1, 0.15) is 5.75 Å². The Morgan fingerprint density at radius 3 is 2.55 bits per heavy atom. The van der Waals surface area contributed by atoms with E-state index in [1.165, 1.54) is 29.5 Å². The molecule has 0 saturated carbocycles. The number of hydrogen-bond donors (Lipinski definition) is 1. The Morgan fingerprint density at radius 2 is 2.05 bits per heavy atom. The molecule has 1 aromatic carbocycles. The van der Waals surface area contributed by atoms with Crippen molar-refractivity contribution < 1.29 is 9.47 Å². The first-order chi connectivity index (χ1) is 9.65. The smallest absolute Gasteiger partial charge is 0.124 e. The lowest BCUT2D eigenvalue weighted by Crippen LogP contribution is -2.19. The molecule has 0 bridgehead atoms. The second kappa shape index (κ2) is 7.09. The molecule has 112 valence electrons. The fourth-order valence-corrected chi connectivity index (χ4v) is 3.21. The maximum Gasteiger partial charge on any atom is 0.124 e. The van der Waals surface area contributed by atoms with Crippen molar-refractivity contribution >= 4 is 0 Å². The van der Waals surface area contributed by atoms with E-state index < -0.39 is 0 Å². The van der Waals surface area contributed by atoms with Gasteiger partial charge in [-0.25, -0.2) is 0 Å². The van der Waals surface area contributed by atoms with Gasteiger partial charge in [-0.3, -0.25) is 0 Å². The summed E-state index contributed by atoms with van der Waals surface area (Å²) in [5.41, 5.74) is 3.76. The van der Waals surface area contributed by atoms with Crippen LogP contribution in [0.5, 0.6) is 5.75 Å². The average Bonchev–Trinajstić information content (AvgIpc) is 2.92. The van der Waals surface area contributed by atoms with Crippen LogP contribution in [0, 0.1) is 13.8 Å². The van der Waals surface area contributed by atoms with Crippen molar-refractivity contribution in [1.29, 1.82) is 0 Å². The summed E-state index contributed by atoms with van der Waals surface area (Å²) in [6.07, 6.45) is 5.15. The quantitative estimate of drug-likeness (QED) is 0.863. The Labute approximate surface area is 122 Å². The molecule has 1 aliphatic heterocycles. The lowest BCUT2D eigenvalue weighted by Gasteiger charge is -2.21. The maximum atomic E-state index is 5.72. The third kappa shape index (κ3) is 3.53. The molecule has 1 N–H and O–H groups in total. The van der Waals surface area contributed by atoms with Gasteiger partial charge >= 0.3 is 0 Å². The van der Waals surface area contributed by atoms with Crippen LogP contribution < -0.4 is 10.1 Å². The second-order valence-corrected chi connectivity index (χ2v) is 5.74. The van der Waals surface area contributed by atoms with Gasteiger partial charge in [-0.2, -0.15) is 0 Å². The van der Waals surface area contributed by atoms with Gasteiger partial charge < -0.3 is 14.8 Å². The maximum absolute atomic E-state index is 5.72. The van der Waals surface area contributed by atoms with E-state index in [9.17, 15) is 0 Å². The lowest BCUT2D eigenvalue weighted by atomic mass is 9.95. The van der Waals surface area contributed by atoms with E-state index in [-0.39, 0.29) is 0 Å². The summed E-state index contributed by atoms with van der Waals surface area (Å²) in [7, 11) is 3.77. The van der Waals surface area contributed by atoms with Crippen LogP contribution in [0.25, 0.3) is 0 Å². The minimum Gasteiger partial charge on any atom is -0.496 e. The van der Waals surface area contributed by atoms with Crippen LogP contribution in [0.4, 0.5) is 0 Å². The lowest BCUT2D eigenvalue weighted by molar-refractivity contribution is 0.0998. The topological polar surface area (TPSA) is 30.5 Å². The summed E-state index contributed by atoms with van der Waals surface area (Å²) in [6.45, 7) is 5.17. The van der Waals surface area contributed by atoms with Crippen LogP contribution in [0.15, 0.2) is 12.1 Å². The number of hydrogen-bond acceptors (Lipinski definition) is 3. The highest BCUT2D eigenvalue weighted by atomic mass is 16.5. The van der Waals surface area contributed by atoms with Crippen LogP contribution >= 0.6 is 0 Å². The molecule has 1 heterocycles. The zero-order valence-electron chi connectivity index (χ0n) is 13.2. The minimum absolute atomic E-state index is 0.391. The third-order valence-corrected chi connectivity index (χ3v) is 4.24. The summed E-state index contributed by atoms with van der Waals surface area (Å²) in [6, 6.07) is 4.87. The van der Waals surface area contributed by atoms with Crippen molar-refractivity contribution in [2.24, 2.45) is 0 Å². The fraction of sp³-hybridized carbons (Fsp3) is 0.647. The number of nitrogens with one attached hydrogen (secondary N) is 1. The van der Waals surface area contributed by atoms with Crippen LogP contribution in [-0.4, -0.2) is 26.9 Å². The predicted octanol–water partition coefficient (Wildman–Crippen LogP) is 3.53. The van der Waals surface area contributed by atoms with Gasteiger partial charge in [0.15, 0.2) is 0 Å². The van der Waals surface area contributed by atoms with Gasteiger partial charge in [-0.15, -0.1) is 0 Å². The van der Waals surface area contributed by atoms with E-state index in [4.69, 9.17) is 9.47 Å². The summed E-state index contributed by atoms with van der Waals surface area (Å²) in [4.78, 5) is 0. The SMILES string of the molecule is CNC(CCC1CCCO1)c1cc(C)c(OC)c(C)c1. The molecular weight excluding hydrogens is 250 g/mol. The van der Waals surface area contributed by atoms with Crippen LogP contribution in [0.3, 0.4) is 0 Å². The largest absolute Gasteiger partial charge is 0.496 e. The molecule has 2 rings (SSSR count). The van der Waals surface area contributed by atoms with E-state index in [0.717, 1.165) is 25.2 Å². The summed E-state index contributed by atoms with van der Waals surface area (Å²) in [5, 5.41) is 3.44. The first-order valence-electron chi connectivity index (χ1n) is 7.59. The van der Waals surface area contributed by atoms with Crippen molar-refractivity contribution in [1.82, 2.24) is 5.32 Å². The highest BCUT2D eigenvalue weighted by molar-refractivity contribution is 5.44. The molecule has 2 atom stereocenters. The molecule has 1 saturated heterocycles. The molecule has 3 nitrogen and oxygen atoms in total. The fourth-order valence-electron chi connectivity index (χ4n) is 3.21. The molecule has 0 spiro atoms. The zero-order valence-corrected chi connectivity index (χ0v) is 13.2. The molecule has 1 fully saturated rings. The number of methoxy groups -OCH3 is 1. The number of rotatable bonds is 6. The van der Waals surface area contributed by atoms with Crippen molar-refractivity contribution in [3.05, 3.63) is 28.8 Å². The Bertz CT molecular complexity index is 416. The molecule has 0 radical (unpaired) electrons. The van der Waals surface area contributed by atoms with Crippen molar-refractivity contribution in [3.8, 4) is 5.75 Å². The van der Waals surface area contributed by atoms with E-state index in [1.807, 2.05) is 7.05 Å². The molecule has 0 aliphatic carbocycles. The Kier molecular flexibility index (Phi) is 5.44. The van der Waals surface area contributed by atoms with Gasteiger partial charge in [0, 0.05) is 12.6 Å². The highest BCUT2D eigenvalue weighted by Crippen LogP contribution is 2.30. The molecule has 0 amide bonds. The average molecular weight is 277 g/mol. The Hall–Kier alpha value is -1.06. The molecule has 2 unspecified atom stereocenters. The second-order valence-electron chi connectivity index (χ2n) is 5.74. The molecule has 1 aliphatic rings. The van der Waals surface area contributed by atoms with Gasteiger partial charge in [-0.05, 0) is 63.3 Å². The zero-order chi connectivity index (χ0) is 14.5. The van der Waals surface area contributed by atoms with Gasteiger partial charge in [0.05, 0.1) is 13.2 Å². The van der Waals surface area contributed by atoms with Crippen molar-refractivity contribution in [2.75, 3.05) is 20.8 Å². The molecular formula is C17H27NO2. The van der Waals surface area contributed by atoms with Crippen LogP contribution in [-0.2, 0) is 4.74 Å². The van der Waals surface area contributed by atoms with Crippen molar-refractivity contribution in [3.63, 3.8) is 0 Å². The van der Waals surface area contributed by atoms with E-state index in [2.05, 4.69) is 31.3 Å². The van der Waals surface area contributed by atoms with E-state index >= 15 is 0 Å². The predicted molar refractivity (Wildman–Crippen MR) is 82.5 cm³/mol. The van der Waals surface area contributed by atoms with Gasteiger partial charge in [0.25, 0.3) is 0 Å². The normalized spacial score (nSPS) is 20.1. The first kappa shape index (κ1) is 15.3. The molecule has 3 heteroatoms. The summed E-state index contributed by atoms with van der Waals surface area (Å²) in [5.74, 6) is 1.00. The van der Waals surface area contributed by atoms with Crippen LogP contribution in [0.2, 0.25) is 0 Å². The van der Waals surface area contributed by atoms with E-state index in [0.29, 0.717) is 12.1 Å². The number of benzene rings is 1. The van der Waals surface area contributed by atoms with Gasteiger partial charge in [-0.1, -0.05) is 12.1 Å². The Balaban J connectivity index is 2.06. The summed E-state index contributed by atoms with van der Waals surface area (Å²) >= 11 is 0. The first-order valence-corrected chi connectivity index (χ1v) is 7.59. The van der Waals surface area contributed by atoms with E-state index in [1.54, 1.807) is 7.11 Å².